The highest BCUT2D eigenvalue weighted by Gasteiger charge is 2.35. The van der Waals surface area contributed by atoms with Crippen molar-refractivity contribution in [3.63, 3.8) is 0 Å². The van der Waals surface area contributed by atoms with Crippen LogP contribution in [0.15, 0.2) is 5.38 Å². The summed E-state index contributed by atoms with van der Waals surface area (Å²) >= 11 is 1.57. The third-order valence-electron chi connectivity index (χ3n) is 5.11. The minimum Gasteiger partial charge on any atom is -0.452 e. The molecule has 1 aromatic heterocycles. The Bertz CT molecular complexity index is 801. The molecule has 1 aliphatic carbocycles. The highest BCUT2D eigenvalue weighted by Crippen LogP contribution is 2.30. The maximum absolute atomic E-state index is 12.6. The average Bonchev–Trinajstić information content (AvgIpc) is 3.23. The monoisotopic (exact) mass is 415 g/mol. The normalized spacial score (nSPS) is 20.9. The Morgan fingerprint density at radius 2 is 2.07 bits per heavy atom. The Kier molecular flexibility index (Phi) is 6.54. The van der Waals surface area contributed by atoms with Gasteiger partial charge in [0.1, 0.15) is 0 Å². The van der Waals surface area contributed by atoms with Crippen LogP contribution in [0.4, 0.5) is 0 Å². The fourth-order valence-corrected chi connectivity index (χ4v) is 6.52. The molecule has 1 amide bonds. The van der Waals surface area contributed by atoms with Crippen LogP contribution in [0.25, 0.3) is 0 Å². The first kappa shape index (κ1) is 20.3. The zero-order valence-corrected chi connectivity index (χ0v) is 17.1. The summed E-state index contributed by atoms with van der Waals surface area (Å²) in [7, 11) is -1.60. The third kappa shape index (κ3) is 4.89. The number of aryl methyl sites for hydroxylation is 1. The zero-order chi connectivity index (χ0) is 19.4. The van der Waals surface area contributed by atoms with E-state index in [1.54, 1.807) is 11.3 Å². The van der Waals surface area contributed by atoms with Crippen LogP contribution in [0, 0.1) is 0 Å². The van der Waals surface area contributed by atoms with Gasteiger partial charge in [-0.1, -0.05) is 0 Å². The number of amides is 1. The number of sulfone groups is 1. The summed E-state index contributed by atoms with van der Waals surface area (Å²) in [5.74, 6) is -0.830. The summed E-state index contributed by atoms with van der Waals surface area (Å²) in [5.41, 5.74) is 1.62. The van der Waals surface area contributed by atoms with Crippen molar-refractivity contribution in [1.82, 2.24) is 4.90 Å². The Balaban J connectivity index is 1.61. The van der Waals surface area contributed by atoms with Crippen molar-refractivity contribution in [1.29, 1.82) is 0 Å². The van der Waals surface area contributed by atoms with Gasteiger partial charge in [0, 0.05) is 30.0 Å². The first-order valence-electron chi connectivity index (χ1n) is 9.16. The molecule has 2 aliphatic rings. The minimum absolute atomic E-state index is 0.0472. The molecule has 0 unspecified atom stereocenters. The number of hydrogen-bond acceptors (Lipinski definition) is 7. The number of ether oxygens (including phenoxy) is 2. The predicted octanol–water partition coefficient (Wildman–Crippen LogP) is 1.45. The smallest absolute Gasteiger partial charge is 0.339 e. The maximum atomic E-state index is 12.6. The Hall–Kier alpha value is -1.45. The van der Waals surface area contributed by atoms with Crippen LogP contribution in [-0.2, 0) is 36.9 Å². The Labute approximate surface area is 163 Å². The van der Waals surface area contributed by atoms with E-state index in [4.69, 9.17) is 9.47 Å². The van der Waals surface area contributed by atoms with Gasteiger partial charge in [0.25, 0.3) is 5.91 Å². The summed E-state index contributed by atoms with van der Waals surface area (Å²) in [6.45, 7) is 0.193. The summed E-state index contributed by atoms with van der Waals surface area (Å²) in [4.78, 5) is 27.8. The van der Waals surface area contributed by atoms with E-state index < -0.39 is 15.8 Å². The van der Waals surface area contributed by atoms with Gasteiger partial charge in [-0.3, -0.25) is 4.79 Å². The lowest BCUT2D eigenvalue weighted by atomic mass is 9.96. The molecule has 7 nitrogen and oxygen atoms in total. The molecule has 1 fully saturated rings. The lowest BCUT2D eigenvalue weighted by Crippen LogP contribution is -2.45. The molecule has 9 heteroatoms. The number of carbonyl (C=O) groups excluding carboxylic acids is 2. The molecule has 1 saturated heterocycles. The second-order valence-corrected chi connectivity index (χ2v) is 10.2. The van der Waals surface area contributed by atoms with E-state index in [0.717, 1.165) is 31.2 Å². The van der Waals surface area contributed by atoms with Crippen LogP contribution in [0.2, 0.25) is 0 Å². The van der Waals surface area contributed by atoms with Gasteiger partial charge < -0.3 is 14.4 Å². The molecule has 0 spiro atoms. The molecule has 1 aliphatic heterocycles. The van der Waals surface area contributed by atoms with Crippen molar-refractivity contribution in [3.05, 3.63) is 21.4 Å². The first-order valence-corrected chi connectivity index (χ1v) is 11.9. The molecular weight excluding hydrogens is 390 g/mol. The second kappa shape index (κ2) is 8.70. The fraction of sp³-hybridized carbons (Fsp3) is 0.667. The first-order chi connectivity index (χ1) is 12.9. The molecule has 0 saturated carbocycles. The number of thiophene rings is 1. The number of carbonyl (C=O) groups is 2. The van der Waals surface area contributed by atoms with E-state index in [1.165, 1.54) is 16.9 Å². The SMILES string of the molecule is COCCN(C(=O)COC(=O)c1csc2c1CCCC2)[C@@H]1CCS(=O)(=O)C1. The summed E-state index contributed by atoms with van der Waals surface area (Å²) in [6.07, 6.45) is 4.47. The Morgan fingerprint density at radius 3 is 2.78 bits per heavy atom. The van der Waals surface area contributed by atoms with Crippen molar-refractivity contribution in [2.75, 3.05) is 38.4 Å². The molecular formula is C18H25NO6S2. The summed E-state index contributed by atoms with van der Waals surface area (Å²) in [6, 6.07) is -0.384. The van der Waals surface area contributed by atoms with Crippen LogP contribution in [0.1, 0.15) is 40.1 Å². The molecule has 0 aromatic carbocycles. The van der Waals surface area contributed by atoms with Gasteiger partial charge in [-0.25, -0.2) is 13.2 Å². The lowest BCUT2D eigenvalue weighted by Gasteiger charge is -2.27. The van der Waals surface area contributed by atoms with Crippen molar-refractivity contribution in [2.24, 2.45) is 0 Å². The number of fused-ring (bicyclic) bond motifs is 1. The lowest BCUT2D eigenvalue weighted by molar-refractivity contribution is -0.137. The topological polar surface area (TPSA) is 90.0 Å². The fourth-order valence-electron chi connectivity index (χ4n) is 3.67. The summed E-state index contributed by atoms with van der Waals surface area (Å²) < 4.78 is 33.8. The number of hydrogen-bond donors (Lipinski definition) is 0. The van der Waals surface area contributed by atoms with Crippen LogP contribution in [0.3, 0.4) is 0 Å². The molecule has 3 rings (SSSR count). The molecule has 1 atom stereocenters. The van der Waals surface area contributed by atoms with Crippen LogP contribution in [-0.4, -0.2) is 69.6 Å². The number of nitrogens with zero attached hydrogens (tertiary/aromatic N) is 1. The molecule has 1 aromatic rings. The van der Waals surface area contributed by atoms with E-state index in [1.807, 2.05) is 5.38 Å². The largest absolute Gasteiger partial charge is 0.452 e. The standard InChI is InChI=1S/C18H25NO6S2/c1-24-8-7-19(13-6-9-27(22,23)12-13)17(20)10-25-18(21)15-11-26-16-5-3-2-4-14(15)16/h11,13H,2-10,12H2,1H3/t13-/m1/s1. The average molecular weight is 416 g/mol. The number of esters is 1. The maximum Gasteiger partial charge on any atom is 0.339 e. The second-order valence-electron chi connectivity index (χ2n) is 6.97. The molecule has 0 bridgehead atoms. The third-order valence-corrected chi connectivity index (χ3v) is 7.95. The molecule has 27 heavy (non-hydrogen) atoms. The van der Waals surface area contributed by atoms with Crippen LogP contribution < -0.4 is 0 Å². The molecule has 0 radical (unpaired) electrons. The van der Waals surface area contributed by atoms with Crippen molar-refractivity contribution < 1.29 is 27.5 Å². The molecule has 2 heterocycles. The van der Waals surface area contributed by atoms with E-state index in [-0.39, 0.29) is 36.6 Å². The van der Waals surface area contributed by atoms with Crippen LogP contribution >= 0.6 is 11.3 Å². The quantitative estimate of drug-likeness (QED) is 0.626. The van der Waals surface area contributed by atoms with E-state index in [9.17, 15) is 18.0 Å². The molecule has 0 N–H and O–H groups in total. The number of rotatable bonds is 7. The Morgan fingerprint density at radius 1 is 1.30 bits per heavy atom. The van der Waals surface area contributed by atoms with Gasteiger partial charge in [-0.15, -0.1) is 11.3 Å². The van der Waals surface area contributed by atoms with Gasteiger partial charge in [0.2, 0.25) is 0 Å². The van der Waals surface area contributed by atoms with Crippen molar-refractivity contribution in [2.45, 2.75) is 38.1 Å². The highest BCUT2D eigenvalue weighted by molar-refractivity contribution is 7.91. The van der Waals surface area contributed by atoms with Gasteiger partial charge in [-0.05, 0) is 37.7 Å². The summed E-state index contributed by atoms with van der Waals surface area (Å²) in [5, 5.41) is 1.81. The van der Waals surface area contributed by atoms with Crippen molar-refractivity contribution in [3.8, 4) is 0 Å². The van der Waals surface area contributed by atoms with Gasteiger partial charge in [-0.2, -0.15) is 0 Å². The molecule has 150 valence electrons. The van der Waals surface area contributed by atoms with Crippen molar-refractivity contribution >= 4 is 33.1 Å². The number of methoxy groups -OCH3 is 1. The van der Waals surface area contributed by atoms with Gasteiger partial charge >= 0.3 is 5.97 Å². The van der Waals surface area contributed by atoms with E-state index >= 15 is 0 Å². The minimum atomic E-state index is -3.12. The van der Waals surface area contributed by atoms with E-state index in [0.29, 0.717) is 18.6 Å². The highest BCUT2D eigenvalue weighted by atomic mass is 32.2. The van der Waals surface area contributed by atoms with Gasteiger partial charge in [0.05, 0.1) is 23.7 Å². The van der Waals surface area contributed by atoms with Gasteiger partial charge in [0.15, 0.2) is 16.4 Å². The predicted molar refractivity (Wildman–Crippen MR) is 102 cm³/mol. The zero-order valence-electron chi connectivity index (χ0n) is 15.4. The van der Waals surface area contributed by atoms with E-state index in [2.05, 4.69) is 0 Å². The van der Waals surface area contributed by atoms with Crippen LogP contribution in [0.5, 0.6) is 0 Å².